The Balaban J connectivity index is 3.16. The molecule has 0 radical (unpaired) electrons. The summed E-state index contributed by atoms with van der Waals surface area (Å²) in [6.07, 6.45) is 7.63. The second kappa shape index (κ2) is 5.12. The van der Waals surface area contributed by atoms with Crippen LogP contribution in [0.4, 0.5) is 0 Å². The lowest BCUT2D eigenvalue weighted by atomic mass is 9.72. The smallest absolute Gasteiger partial charge is 0.0468 e. The second-order valence-corrected chi connectivity index (χ2v) is 5.81. The molecule has 0 spiro atoms. The molecule has 1 nitrogen and oxygen atoms in total. The van der Waals surface area contributed by atoms with Crippen LogP contribution in [0.15, 0.2) is 36.1 Å². The van der Waals surface area contributed by atoms with Crippen LogP contribution in [0.1, 0.15) is 41.0 Å². The Kier molecular flexibility index (Phi) is 4.24. The molecule has 0 aromatic carbocycles. The topological polar surface area (TPSA) is 3.24 Å². The normalized spacial score (nSPS) is 24.2. The Hall–Kier alpha value is -0.980. The van der Waals surface area contributed by atoms with E-state index in [2.05, 4.69) is 65.3 Å². The van der Waals surface area contributed by atoms with E-state index in [1.807, 2.05) is 6.08 Å². The molecule has 0 aliphatic carbocycles. The van der Waals surface area contributed by atoms with Crippen molar-refractivity contribution in [2.75, 3.05) is 7.05 Å². The molecule has 2 atom stereocenters. The lowest BCUT2D eigenvalue weighted by Gasteiger charge is -2.44. The predicted octanol–water partition coefficient (Wildman–Crippen LogP) is 4.39. The van der Waals surface area contributed by atoms with Crippen LogP contribution >= 0.6 is 0 Å². The number of likely N-dealkylation sites (N-methyl/N-ethyl adjacent to an activating group) is 1. The van der Waals surface area contributed by atoms with Gasteiger partial charge in [-0.15, -0.1) is 6.58 Å². The van der Waals surface area contributed by atoms with Crippen molar-refractivity contribution in [3.63, 3.8) is 0 Å². The summed E-state index contributed by atoms with van der Waals surface area (Å²) in [6.45, 7) is 15.3. The van der Waals surface area contributed by atoms with Crippen molar-refractivity contribution in [2.45, 2.75) is 47.1 Å². The quantitative estimate of drug-likeness (QED) is 0.651. The van der Waals surface area contributed by atoms with Gasteiger partial charge in [-0.1, -0.05) is 38.5 Å². The first-order valence-corrected chi connectivity index (χ1v) is 6.57. The fourth-order valence-corrected chi connectivity index (χ4v) is 2.51. The Morgan fingerprint density at radius 1 is 1.47 bits per heavy atom. The summed E-state index contributed by atoms with van der Waals surface area (Å²) < 4.78 is 0. The molecule has 0 aromatic heterocycles. The number of rotatable bonds is 4. The van der Waals surface area contributed by atoms with E-state index in [0.717, 1.165) is 6.42 Å². The number of hydrogen-bond acceptors (Lipinski definition) is 1. The van der Waals surface area contributed by atoms with Crippen LogP contribution < -0.4 is 0 Å². The van der Waals surface area contributed by atoms with E-state index in [9.17, 15) is 0 Å². The number of nitrogens with zero attached hydrogens (tertiary/aromatic N) is 1. The summed E-state index contributed by atoms with van der Waals surface area (Å²) >= 11 is 0. The fourth-order valence-electron chi connectivity index (χ4n) is 2.51. The van der Waals surface area contributed by atoms with Gasteiger partial charge in [0.15, 0.2) is 0 Å². The maximum absolute atomic E-state index is 3.92. The Morgan fingerprint density at radius 3 is 2.53 bits per heavy atom. The molecule has 2 unspecified atom stereocenters. The third-order valence-electron chi connectivity index (χ3n) is 4.55. The molecule has 0 aromatic rings. The molecule has 0 saturated heterocycles. The van der Waals surface area contributed by atoms with Gasteiger partial charge in [0.2, 0.25) is 0 Å². The second-order valence-electron chi connectivity index (χ2n) is 5.81. The van der Waals surface area contributed by atoms with Gasteiger partial charge < -0.3 is 4.90 Å². The highest BCUT2D eigenvalue weighted by molar-refractivity contribution is 5.30. The van der Waals surface area contributed by atoms with Gasteiger partial charge in [0, 0.05) is 24.2 Å². The van der Waals surface area contributed by atoms with E-state index in [1.54, 1.807) is 0 Å². The highest BCUT2D eigenvalue weighted by atomic mass is 15.2. The van der Waals surface area contributed by atoms with Crippen LogP contribution in [-0.2, 0) is 0 Å². The summed E-state index contributed by atoms with van der Waals surface area (Å²) in [6, 6.07) is 0.498. The molecular formula is C16H27N. The van der Waals surface area contributed by atoms with Gasteiger partial charge in [0.1, 0.15) is 0 Å². The third kappa shape index (κ3) is 2.48. The molecule has 0 N–H and O–H groups in total. The van der Waals surface area contributed by atoms with Crippen LogP contribution in [0.5, 0.6) is 0 Å². The summed E-state index contributed by atoms with van der Waals surface area (Å²) in [5, 5.41) is 0. The Morgan fingerprint density at radius 2 is 2.06 bits per heavy atom. The van der Waals surface area contributed by atoms with Gasteiger partial charge in [-0.3, -0.25) is 0 Å². The van der Waals surface area contributed by atoms with Crippen LogP contribution in [0.25, 0.3) is 0 Å². The van der Waals surface area contributed by atoms with Crippen molar-refractivity contribution in [1.82, 2.24) is 4.90 Å². The third-order valence-corrected chi connectivity index (χ3v) is 4.55. The van der Waals surface area contributed by atoms with Gasteiger partial charge >= 0.3 is 0 Å². The first kappa shape index (κ1) is 14.1. The summed E-state index contributed by atoms with van der Waals surface area (Å²) in [5.74, 6) is 0.605. The van der Waals surface area contributed by atoms with Crippen molar-refractivity contribution in [1.29, 1.82) is 0 Å². The lowest BCUT2D eigenvalue weighted by Crippen LogP contribution is -2.40. The van der Waals surface area contributed by atoms with E-state index >= 15 is 0 Å². The van der Waals surface area contributed by atoms with Crippen molar-refractivity contribution in [3.8, 4) is 0 Å². The minimum atomic E-state index is 0.182. The SMILES string of the molecule is C=CCC(C)(C1=CC=C(C)C(C)N1C)C(C)C. The number of allylic oxidation sites excluding steroid dienone is 4. The molecule has 0 saturated carbocycles. The molecular weight excluding hydrogens is 206 g/mol. The monoisotopic (exact) mass is 233 g/mol. The van der Waals surface area contributed by atoms with Crippen molar-refractivity contribution in [3.05, 3.63) is 36.1 Å². The Labute approximate surface area is 107 Å². The molecule has 1 aliphatic heterocycles. The molecule has 0 bridgehead atoms. The molecule has 17 heavy (non-hydrogen) atoms. The maximum Gasteiger partial charge on any atom is 0.0468 e. The summed E-state index contributed by atoms with van der Waals surface area (Å²) in [7, 11) is 2.21. The van der Waals surface area contributed by atoms with Gasteiger partial charge in [-0.05, 0) is 32.3 Å². The van der Waals surface area contributed by atoms with Gasteiger partial charge in [-0.2, -0.15) is 0 Å². The van der Waals surface area contributed by atoms with Gasteiger partial charge in [0.05, 0.1) is 0 Å². The maximum atomic E-state index is 3.92. The average molecular weight is 233 g/mol. The molecule has 1 heterocycles. The first-order valence-electron chi connectivity index (χ1n) is 6.57. The van der Waals surface area contributed by atoms with E-state index in [1.165, 1.54) is 11.3 Å². The zero-order chi connectivity index (χ0) is 13.2. The van der Waals surface area contributed by atoms with Gasteiger partial charge in [-0.25, -0.2) is 0 Å². The standard InChI is InChI=1S/C16H27N/c1-8-11-16(6,12(2)3)15-10-9-13(4)14(5)17(15)7/h8-10,12,14H,1,11H2,2-7H3. The van der Waals surface area contributed by atoms with E-state index in [0.29, 0.717) is 12.0 Å². The summed E-state index contributed by atoms with van der Waals surface area (Å²) in [5.41, 5.74) is 3.05. The molecule has 1 rings (SSSR count). The highest BCUT2D eigenvalue weighted by Gasteiger charge is 2.35. The molecule has 1 aliphatic rings. The average Bonchev–Trinajstić information content (AvgIpc) is 2.26. The number of hydrogen-bond donors (Lipinski definition) is 0. The Bertz CT molecular complexity index is 349. The van der Waals surface area contributed by atoms with Gasteiger partial charge in [0.25, 0.3) is 0 Å². The minimum Gasteiger partial charge on any atom is -0.371 e. The molecule has 0 amide bonds. The van der Waals surface area contributed by atoms with E-state index in [-0.39, 0.29) is 5.41 Å². The zero-order valence-electron chi connectivity index (χ0n) is 12.2. The molecule has 96 valence electrons. The lowest BCUT2D eigenvalue weighted by molar-refractivity contribution is 0.187. The van der Waals surface area contributed by atoms with Crippen LogP contribution in [0.3, 0.4) is 0 Å². The van der Waals surface area contributed by atoms with Crippen LogP contribution in [0.2, 0.25) is 0 Å². The first-order chi connectivity index (χ1) is 7.84. The fraction of sp³-hybridized carbons (Fsp3) is 0.625. The minimum absolute atomic E-state index is 0.182. The molecule has 1 heteroatoms. The van der Waals surface area contributed by atoms with E-state index in [4.69, 9.17) is 0 Å². The van der Waals surface area contributed by atoms with Crippen molar-refractivity contribution in [2.24, 2.45) is 11.3 Å². The van der Waals surface area contributed by atoms with Crippen LogP contribution in [0, 0.1) is 11.3 Å². The van der Waals surface area contributed by atoms with Crippen molar-refractivity contribution < 1.29 is 0 Å². The largest absolute Gasteiger partial charge is 0.371 e. The predicted molar refractivity (Wildman–Crippen MR) is 76.8 cm³/mol. The summed E-state index contributed by atoms with van der Waals surface area (Å²) in [4.78, 5) is 2.42. The van der Waals surface area contributed by atoms with Crippen molar-refractivity contribution >= 4 is 0 Å². The highest BCUT2D eigenvalue weighted by Crippen LogP contribution is 2.42. The molecule has 0 fully saturated rings. The van der Waals surface area contributed by atoms with E-state index < -0.39 is 0 Å². The zero-order valence-corrected chi connectivity index (χ0v) is 12.2. The van der Waals surface area contributed by atoms with Crippen LogP contribution in [-0.4, -0.2) is 18.0 Å².